The molecular formula is C14H18Cl2N2O3. The zero-order valence-corrected chi connectivity index (χ0v) is 13.4. The Bertz CT molecular complexity index is 521. The van der Waals surface area contributed by atoms with Gasteiger partial charge in [0, 0.05) is 19.0 Å². The number of benzene rings is 1. The van der Waals surface area contributed by atoms with Crippen molar-refractivity contribution >= 4 is 40.9 Å². The van der Waals surface area contributed by atoms with Crippen molar-refractivity contribution in [3.8, 4) is 0 Å². The number of nitrogens with one attached hydrogen (secondary N) is 1. The van der Waals surface area contributed by atoms with Crippen LogP contribution >= 0.6 is 23.2 Å². The first-order chi connectivity index (χ1) is 9.82. The molecule has 0 saturated heterocycles. The molecule has 1 rings (SSSR count). The third kappa shape index (κ3) is 5.44. The SMILES string of the molecule is CC(C)N(CCCC(=O)O)C(=O)Nc1cccc(Cl)c1Cl. The van der Waals surface area contributed by atoms with E-state index < -0.39 is 5.97 Å². The summed E-state index contributed by atoms with van der Waals surface area (Å²) in [5, 5.41) is 12.0. The summed E-state index contributed by atoms with van der Waals surface area (Å²) in [6.07, 6.45) is 0.415. The summed E-state index contributed by atoms with van der Waals surface area (Å²) < 4.78 is 0. The van der Waals surface area contributed by atoms with Crippen molar-refractivity contribution in [3.05, 3.63) is 28.2 Å². The summed E-state index contributed by atoms with van der Waals surface area (Å²) in [6, 6.07) is 4.58. The van der Waals surface area contributed by atoms with Crippen molar-refractivity contribution in [2.75, 3.05) is 11.9 Å². The van der Waals surface area contributed by atoms with Crippen LogP contribution in [0.2, 0.25) is 10.0 Å². The van der Waals surface area contributed by atoms with E-state index in [1.807, 2.05) is 13.8 Å². The number of carboxylic acids is 1. The van der Waals surface area contributed by atoms with E-state index in [0.717, 1.165) is 0 Å². The number of aliphatic carboxylic acids is 1. The molecule has 21 heavy (non-hydrogen) atoms. The van der Waals surface area contributed by atoms with Crippen LogP contribution in [0.4, 0.5) is 10.5 Å². The lowest BCUT2D eigenvalue weighted by atomic mass is 10.2. The number of anilines is 1. The lowest BCUT2D eigenvalue weighted by molar-refractivity contribution is -0.137. The topological polar surface area (TPSA) is 69.6 Å². The molecule has 0 saturated carbocycles. The summed E-state index contributed by atoms with van der Waals surface area (Å²) in [5.41, 5.74) is 0.429. The fourth-order valence-electron chi connectivity index (χ4n) is 1.78. The molecule has 0 atom stereocenters. The predicted octanol–water partition coefficient (Wildman–Crippen LogP) is 4.10. The Labute approximate surface area is 133 Å². The number of halogens is 2. The molecule has 0 unspecified atom stereocenters. The number of amides is 2. The van der Waals surface area contributed by atoms with Gasteiger partial charge in [0.25, 0.3) is 0 Å². The van der Waals surface area contributed by atoms with Crippen LogP contribution in [0.3, 0.4) is 0 Å². The second-order valence-corrected chi connectivity index (χ2v) is 5.60. The zero-order valence-electron chi connectivity index (χ0n) is 11.9. The number of carbonyl (C=O) groups excluding carboxylic acids is 1. The molecule has 0 radical (unpaired) electrons. The largest absolute Gasteiger partial charge is 0.481 e. The molecule has 0 fully saturated rings. The standard InChI is InChI=1S/C14H18Cl2N2O3/c1-9(2)18(8-4-7-12(19)20)14(21)17-11-6-3-5-10(15)13(11)16/h3,5-6,9H,4,7-8H2,1-2H3,(H,17,21)(H,19,20). The van der Waals surface area contributed by atoms with Gasteiger partial charge in [-0.1, -0.05) is 29.3 Å². The molecule has 2 N–H and O–H groups in total. The number of hydrogen-bond acceptors (Lipinski definition) is 2. The number of rotatable bonds is 6. The van der Waals surface area contributed by atoms with Crippen molar-refractivity contribution in [2.24, 2.45) is 0 Å². The third-order valence-corrected chi connectivity index (χ3v) is 3.69. The predicted molar refractivity (Wildman–Crippen MR) is 84.2 cm³/mol. The first-order valence-electron chi connectivity index (χ1n) is 6.56. The monoisotopic (exact) mass is 332 g/mol. The van der Waals surface area contributed by atoms with Gasteiger partial charge in [-0.25, -0.2) is 4.79 Å². The molecule has 2 amide bonds. The van der Waals surface area contributed by atoms with Crippen LogP contribution in [0.15, 0.2) is 18.2 Å². The number of carbonyl (C=O) groups is 2. The van der Waals surface area contributed by atoms with E-state index in [0.29, 0.717) is 23.7 Å². The Morgan fingerprint density at radius 1 is 1.33 bits per heavy atom. The van der Waals surface area contributed by atoms with E-state index in [1.54, 1.807) is 23.1 Å². The van der Waals surface area contributed by atoms with Crippen LogP contribution in [0.5, 0.6) is 0 Å². The smallest absolute Gasteiger partial charge is 0.322 e. The van der Waals surface area contributed by atoms with Gasteiger partial charge in [0.1, 0.15) is 0 Å². The first-order valence-corrected chi connectivity index (χ1v) is 7.32. The van der Waals surface area contributed by atoms with Crippen LogP contribution in [0.25, 0.3) is 0 Å². The average molecular weight is 333 g/mol. The minimum absolute atomic E-state index is 0.0222. The van der Waals surface area contributed by atoms with Crippen LogP contribution in [0.1, 0.15) is 26.7 Å². The third-order valence-electron chi connectivity index (χ3n) is 2.87. The highest BCUT2D eigenvalue weighted by Crippen LogP contribution is 2.29. The number of hydrogen-bond donors (Lipinski definition) is 2. The summed E-state index contributed by atoms with van der Waals surface area (Å²) >= 11 is 11.9. The molecule has 0 heterocycles. The van der Waals surface area contributed by atoms with Crippen LogP contribution in [-0.4, -0.2) is 34.6 Å². The van der Waals surface area contributed by atoms with E-state index in [1.165, 1.54) is 0 Å². The van der Waals surface area contributed by atoms with E-state index in [4.69, 9.17) is 28.3 Å². The highest BCUT2D eigenvalue weighted by Gasteiger charge is 2.18. The number of urea groups is 1. The van der Waals surface area contributed by atoms with Gasteiger partial charge >= 0.3 is 12.0 Å². The molecule has 0 bridgehead atoms. The number of carboxylic acid groups (broad SMARTS) is 1. The minimum atomic E-state index is -0.878. The second-order valence-electron chi connectivity index (χ2n) is 4.82. The molecule has 116 valence electrons. The van der Waals surface area contributed by atoms with Crippen molar-refractivity contribution in [2.45, 2.75) is 32.7 Å². The molecule has 0 aliphatic carbocycles. The fraction of sp³-hybridized carbons (Fsp3) is 0.429. The average Bonchev–Trinajstić information content (AvgIpc) is 2.39. The Morgan fingerprint density at radius 2 is 2.00 bits per heavy atom. The van der Waals surface area contributed by atoms with E-state index in [-0.39, 0.29) is 23.5 Å². The van der Waals surface area contributed by atoms with E-state index >= 15 is 0 Å². The van der Waals surface area contributed by atoms with Crippen molar-refractivity contribution in [3.63, 3.8) is 0 Å². The van der Waals surface area contributed by atoms with Gasteiger partial charge in [0.05, 0.1) is 15.7 Å². The van der Waals surface area contributed by atoms with Gasteiger partial charge in [0.15, 0.2) is 0 Å². The highest BCUT2D eigenvalue weighted by atomic mass is 35.5. The normalized spacial score (nSPS) is 10.5. The Kier molecular flexibility index (Phi) is 6.78. The molecule has 0 spiro atoms. The van der Waals surface area contributed by atoms with Gasteiger partial charge in [-0.15, -0.1) is 0 Å². The van der Waals surface area contributed by atoms with Gasteiger partial charge in [0.2, 0.25) is 0 Å². The van der Waals surface area contributed by atoms with Gasteiger partial charge in [-0.05, 0) is 32.4 Å². The van der Waals surface area contributed by atoms with Crippen LogP contribution in [-0.2, 0) is 4.79 Å². The molecule has 1 aromatic rings. The maximum absolute atomic E-state index is 12.3. The fourth-order valence-corrected chi connectivity index (χ4v) is 2.13. The summed E-state index contributed by atoms with van der Waals surface area (Å²) in [7, 11) is 0. The maximum Gasteiger partial charge on any atom is 0.322 e. The highest BCUT2D eigenvalue weighted by molar-refractivity contribution is 6.43. The number of nitrogens with zero attached hydrogens (tertiary/aromatic N) is 1. The van der Waals surface area contributed by atoms with Crippen LogP contribution in [0, 0.1) is 0 Å². The van der Waals surface area contributed by atoms with Crippen molar-refractivity contribution in [1.29, 1.82) is 0 Å². The minimum Gasteiger partial charge on any atom is -0.481 e. The first kappa shape index (κ1) is 17.6. The van der Waals surface area contributed by atoms with Gasteiger partial charge < -0.3 is 15.3 Å². The van der Waals surface area contributed by atoms with Crippen molar-refractivity contribution in [1.82, 2.24) is 4.90 Å². The summed E-state index contributed by atoms with van der Waals surface area (Å²) in [5.74, 6) is -0.878. The molecule has 1 aromatic carbocycles. The zero-order chi connectivity index (χ0) is 16.0. The molecule has 0 aromatic heterocycles. The van der Waals surface area contributed by atoms with Crippen molar-refractivity contribution < 1.29 is 14.7 Å². The van der Waals surface area contributed by atoms with E-state index in [9.17, 15) is 9.59 Å². The molecular weight excluding hydrogens is 315 g/mol. The maximum atomic E-state index is 12.3. The summed E-state index contributed by atoms with van der Waals surface area (Å²) in [4.78, 5) is 24.4. The Hall–Kier alpha value is -1.46. The molecule has 0 aliphatic heterocycles. The lowest BCUT2D eigenvalue weighted by Gasteiger charge is -2.27. The second kappa shape index (κ2) is 8.10. The molecule has 0 aliphatic rings. The van der Waals surface area contributed by atoms with E-state index in [2.05, 4.69) is 5.32 Å². The summed E-state index contributed by atoms with van der Waals surface area (Å²) in [6.45, 7) is 4.08. The van der Waals surface area contributed by atoms with Gasteiger partial charge in [-0.3, -0.25) is 4.79 Å². The lowest BCUT2D eigenvalue weighted by Crippen LogP contribution is -2.40. The van der Waals surface area contributed by atoms with Crippen LogP contribution < -0.4 is 5.32 Å². The molecule has 7 heteroatoms. The quantitative estimate of drug-likeness (QED) is 0.823. The Morgan fingerprint density at radius 3 is 2.57 bits per heavy atom. The Balaban J connectivity index is 2.73. The van der Waals surface area contributed by atoms with Gasteiger partial charge in [-0.2, -0.15) is 0 Å². The molecule has 5 nitrogen and oxygen atoms in total.